The molecule has 1 saturated carbocycles. The Balaban J connectivity index is 1.85. The van der Waals surface area contributed by atoms with Gasteiger partial charge in [-0.3, -0.25) is 0 Å². The van der Waals surface area contributed by atoms with Gasteiger partial charge in [-0.05, 0) is 24.5 Å². The summed E-state index contributed by atoms with van der Waals surface area (Å²) in [5.41, 5.74) is 0. The molecule has 2 rings (SSSR count). The van der Waals surface area contributed by atoms with E-state index in [0.29, 0.717) is 12.4 Å². The molecule has 3 heteroatoms. The lowest BCUT2D eigenvalue weighted by molar-refractivity contribution is 0.301. The first kappa shape index (κ1) is 9.78. The number of rotatable bonds is 4. The fourth-order valence-corrected chi connectivity index (χ4v) is 1.43. The van der Waals surface area contributed by atoms with Crippen LogP contribution in [0, 0.1) is 11.7 Å². The molecule has 1 fully saturated rings. The zero-order valence-corrected chi connectivity index (χ0v) is 8.56. The van der Waals surface area contributed by atoms with Crippen molar-refractivity contribution in [2.45, 2.75) is 19.3 Å². The van der Waals surface area contributed by atoms with Crippen LogP contribution in [0.5, 0.6) is 5.75 Å². The second-order valence-electron chi connectivity index (χ2n) is 3.66. The number of hydrogen-bond donors (Lipinski definition) is 0. The summed E-state index contributed by atoms with van der Waals surface area (Å²) in [6.07, 6.45) is 3.71. The standard InChI is InChI=1S/C11H12ClFO/c12-10-4-3-9(7-11(10)13)14-6-5-8-1-2-8/h3-4,7-8H,1-2,5-6H2. The van der Waals surface area contributed by atoms with E-state index >= 15 is 0 Å². The highest BCUT2D eigenvalue weighted by Gasteiger charge is 2.20. The molecule has 0 atom stereocenters. The zero-order chi connectivity index (χ0) is 9.97. The van der Waals surface area contributed by atoms with Gasteiger partial charge in [-0.2, -0.15) is 0 Å². The SMILES string of the molecule is Fc1cc(OCCC2CC2)ccc1Cl. The van der Waals surface area contributed by atoms with Gasteiger partial charge in [0.15, 0.2) is 0 Å². The highest BCUT2D eigenvalue weighted by Crippen LogP contribution is 2.32. The Hall–Kier alpha value is -0.760. The van der Waals surface area contributed by atoms with E-state index < -0.39 is 5.82 Å². The van der Waals surface area contributed by atoms with E-state index in [4.69, 9.17) is 16.3 Å². The van der Waals surface area contributed by atoms with Crippen molar-refractivity contribution in [2.24, 2.45) is 5.92 Å². The van der Waals surface area contributed by atoms with E-state index in [0.717, 1.165) is 12.3 Å². The van der Waals surface area contributed by atoms with Crippen LogP contribution in [0.25, 0.3) is 0 Å². The Morgan fingerprint density at radius 1 is 1.43 bits per heavy atom. The Bertz CT molecular complexity index is 323. The third-order valence-corrected chi connectivity index (χ3v) is 2.69. The van der Waals surface area contributed by atoms with Crippen LogP contribution in [0.1, 0.15) is 19.3 Å². The predicted octanol–water partition coefficient (Wildman–Crippen LogP) is 3.66. The molecular formula is C11H12ClFO. The van der Waals surface area contributed by atoms with Crippen LogP contribution >= 0.6 is 11.6 Å². The Morgan fingerprint density at radius 3 is 2.86 bits per heavy atom. The van der Waals surface area contributed by atoms with Crippen LogP contribution in [0.4, 0.5) is 4.39 Å². The van der Waals surface area contributed by atoms with Crippen LogP contribution < -0.4 is 4.74 Å². The molecule has 0 spiro atoms. The second kappa shape index (κ2) is 4.18. The van der Waals surface area contributed by atoms with E-state index in [9.17, 15) is 4.39 Å². The van der Waals surface area contributed by atoms with Crippen LogP contribution in [0.2, 0.25) is 5.02 Å². The van der Waals surface area contributed by atoms with Crippen molar-refractivity contribution in [3.8, 4) is 5.75 Å². The number of benzene rings is 1. The smallest absolute Gasteiger partial charge is 0.145 e. The molecule has 0 radical (unpaired) electrons. The fraction of sp³-hybridized carbons (Fsp3) is 0.455. The average Bonchev–Trinajstić information content (AvgIpc) is 2.95. The third kappa shape index (κ3) is 2.61. The molecule has 0 heterocycles. The lowest BCUT2D eigenvalue weighted by atomic mass is 10.3. The lowest BCUT2D eigenvalue weighted by Crippen LogP contribution is -1.98. The summed E-state index contributed by atoms with van der Waals surface area (Å²) in [6.45, 7) is 0.672. The molecule has 0 saturated heterocycles. The van der Waals surface area contributed by atoms with Crippen molar-refractivity contribution >= 4 is 11.6 Å². The molecule has 76 valence electrons. The normalized spacial score (nSPS) is 15.6. The van der Waals surface area contributed by atoms with Crippen molar-refractivity contribution < 1.29 is 9.13 Å². The van der Waals surface area contributed by atoms with Gasteiger partial charge >= 0.3 is 0 Å². The highest BCUT2D eigenvalue weighted by atomic mass is 35.5. The average molecular weight is 215 g/mol. The minimum atomic E-state index is -0.421. The third-order valence-electron chi connectivity index (χ3n) is 2.38. The summed E-state index contributed by atoms with van der Waals surface area (Å²) in [7, 11) is 0. The molecule has 0 aliphatic heterocycles. The van der Waals surface area contributed by atoms with Crippen molar-refractivity contribution in [2.75, 3.05) is 6.61 Å². The minimum absolute atomic E-state index is 0.138. The van der Waals surface area contributed by atoms with Crippen LogP contribution in [-0.2, 0) is 0 Å². The summed E-state index contributed by atoms with van der Waals surface area (Å²) in [6, 6.07) is 4.54. The molecule has 14 heavy (non-hydrogen) atoms. The van der Waals surface area contributed by atoms with E-state index in [2.05, 4.69) is 0 Å². The predicted molar refractivity (Wildman–Crippen MR) is 54.2 cm³/mol. The molecule has 1 nitrogen and oxygen atoms in total. The summed E-state index contributed by atoms with van der Waals surface area (Å²) in [5.74, 6) is 0.982. The quantitative estimate of drug-likeness (QED) is 0.743. The largest absolute Gasteiger partial charge is 0.493 e. The maximum atomic E-state index is 13.0. The molecular weight excluding hydrogens is 203 g/mol. The summed E-state index contributed by atoms with van der Waals surface area (Å²) in [5, 5.41) is 0.138. The first-order valence-electron chi connectivity index (χ1n) is 4.83. The maximum absolute atomic E-state index is 13.0. The molecule has 0 unspecified atom stereocenters. The fourth-order valence-electron chi connectivity index (χ4n) is 1.32. The van der Waals surface area contributed by atoms with Crippen LogP contribution in [0.15, 0.2) is 18.2 Å². The zero-order valence-electron chi connectivity index (χ0n) is 7.80. The van der Waals surface area contributed by atoms with Gasteiger partial charge in [-0.25, -0.2) is 4.39 Å². The summed E-state index contributed by atoms with van der Waals surface area (Å²) < 4.78 is 18.4. The van der Waals surface area contributed by atoms with E-state index in [-0.39, 0.29) is 5.02 Å². The highest BCUT2D eigenvalue weighted by molar-refractivity contribution is 6.30. The van der Waals surface area contributed by atoms with E-state index in [1.807, 2.05) is 0 Å². The first-order valence-corrected chi connectivity index (χ1v) is 5.21. The number of ether oxygens (including phenoxy) is 1. The second-order valence-corrected chi connectivity index (χ2v) is 4.06. The molecule has 0 amide bonds. The molecule has 0 aromatic heterocycles. The number of halogens is 2. The summed E-state index contributed by atoms with van der Waals surface area (Å²) >= 11 is 5.54. The van der Waals surface area contributed by atoms with Gasteiger partial charge in [0.25, 0.3) is 0 Å². The molecule has 1 aromatic carbocycles. The minimum Gasteiger partial charge on any atom is -0.493 e. The van der Waals surface area contributed by atoms with Gasteiger partial charge in [0, 0.05) is 6.07 Å². The van der Waals surface area contributed by atoms with Gasteiger partial charge in [-0.1, -0.05) is 24.4 Å². The molecule has 0 bridgehead atoms. The van der Waals surface area contributed by atoms with Crippen LogP contribution in [0.3, 0.4) is 0 Å². The topological polar surface area (TPSA) is 9.23 Å². The molecule has 1 aliphatic rings. The molecule has 1 aliphatic carbocycles. The van der Waals surface area contributed by atoms with Crippen molar-refractivity contribution in [1.82, 2.24) is 0 Å². The maximum Gasteiger partial charge on any atom is 0.145 e. The summed E-state index contributed by atoms with van der Waals surface area (Å²) in [4.78, 5) is 0. The van der Waals surface area contributed by atoms with Gasteiger partial charge in [0.05, 0.1) is 11.6 Å². The van der Waals surface area contributed by atoms with Crippen molar-refractivity contribution in [1.29, 1.82) is 0 Å². The van der Waals surface area contributed by atoms with E-state index in [1.165, 1.54) is 25.0 Å². The van der Waals surface area contributed by atoms with Gasteiger partial charge in [-0.15, -0.1) is 0 Å². The Kier molecular flexibility index (Phi) is 2.92. The van der Waals surface area contributed by atoms with Gasteiger partial charge in [0.1, 0.15) is 11.6 Å². The first-order chi connectivity index (χ1) is 6.75. The molecule has 1 aromatic rings. The van der Waals surface area contributed by atoms with Gasteiger partial charge in [0.2, 0.25) is 0 Å². The molecule has 0 N–H and O–H groups in total. The van der Waals surface area contributed by atoms with E-state index in [1.54, 1.807) is 6.07 Å². The van der Waals surface area contributed by atoms with Crippen molar-refractivity contribution in [3.63, 3.8) is 0 Å². The number of hydrogen-bond acceptors (Lipinski definition) is 1. The van der Waals surface area contributed by atoms with Crippen LogP contribution in [-0.4, -0.2) is 6.61 Å². The van der Waals surface area contributed by atoms with Crippen molar-refractivity contribution in [3.05, 3.63) is 29.0 Å². The Labute approximate surface area is 87.8 Å². The Morgan fingerprint density at radius 2 is 2.21 bits per heavy atom. The monoisotopic (exact) mass is 214 g/mol. The lowest BCUT2D eigenvalue weighted by Gasteiger charge is -2.05. The van der Waals surface area contributed by atoms with Gasteiger partial charge < -0.3 is 4.74 Å².